The molecule has 4 aromatic rings. The number of fused-ring (bicyclic) bond motifs is 1. The highest BCUT2D eigenvalue weighted by Crippen LogP contribution is 2.28. The zero-order valence-corrected chi connectivity index (χ0v) is 21.4. The molecule has 2 N–H and O–H groups in total. The standard InChI is InChI=1S/C26H28ClN5O2S/c1-3-21(31(15-7-14-28)25(33)19-10-12-20(27)13-11-19)23-29-24-22(17(2)30-35-24)26(34)32(23)16-18-8-5-4-6-9-18/h4-6,8-13,21H,3,7,14-16,28H2,1-2H3. The molecule has 2 aromatic carbocycles. The number of benzene rings is 2. The van der Waals surface area contributed by atoms with Crippen molar-refractivity contribution in [1.82, 2.24) is 18.8 Å². The van der Waals surface area contributed by atoms with Crippen LogP contribution in [0.25, 0.3) is 10.2 Å². The normalized spacial score (nSPS) is 12.1. The van der Waals surface area contributed by atoms with Crippen LogP contribution in [-0.2, 0) is 6.54 Å². The van der Waals surface area contributed by atoms with E-state index in [0.29, 0.717) is 64.8 Å². The van der Waals surface area contributed by atoms with Gasteiger partial charge in [-0.25, -0.2) is 4.98 Å². The topological polar surface area (TPSA) is 94.1 Å². The molecule has 0 saturated heterocycles. The second-order valence-corrected chi connectivity index (χ2v) is 9.56. The average Bonchev–Trinajstić information content (AvgIpc) is 3.25. The van der Waals surface area contributed by atoms with Gasteiger partial charge in [-0.3, -0.25) is 14.2 Å². The number of hydrogen-bond donors (Lipinski definition) is 1. The van der Waals surface area contributed by atoms with Crippen LogP contribution in [0.1, 0.15) is 53.2 Å². The summed E-state index contributed by atoms with van der Waals surface area (Å²) in [6.45, 7) is 5.05. The number of carbonyl (C=O) groups excluding carboxylic acids is 1. The molecule has 1 unspecified atom stereocenters. The van der Waals surface area contributed by atoms with Gasteiger partial charge < -0.3 is 10.6 Å². The summed E-state index contributed by atoms with van der Waals surface area (Å²) < 4.78 is 6.06. The highest BCUT2D eigenvalue weighted by atomic mass is 35.5. The van der Waals surface area contributed by atoms with Crippen LogP contribution in [-0.4, -0.2) is 37.8 Å². The van der Waals surface area contributed by atoms with E-state index in [9.17, 15) is 9.59 Å². The Labute approximate surface area is 213 Å². The number of aryl methyl sites for hydroxylation is 1. The van der Waals surface area contributed by atoms with Crippen molar-refractivity contribution in [2.45, 2.75) is 39.3 Å². The van der Waals surface area contributed by atoms with Crippen LogP contribution in [0, 0.1) is 6.92 Å². The molecular weight excluding hydrogens is 482 g/mol. The molecule has 0 aliphatic heterocycles. The zero-order valence-electron chi connectivity index (χ0n) is 19.8. The molecule has 0 bridgehead atoms. The monoisotopic (exact) mass is 509 g/mol. The van der Waals surface area contributed by atoms with Crippen LogP contribution < -0.4 is 11.3 Å². The van der Waals surface area contributed by atoms with Crippen molar-refractivity contribution >= 4 is 39.3 Å². The Hall–Kier alpha value is -3.07. The highest BCUT2D eigenvalue weighted by molar-refractivity contribution is 7.12. The van der Waals surface area contributed by atoms with E-state index in [-0.39, 0.29) is 11.5 Å². The summed E-state index contributed by atoms with van der Waals surface area (Å²) in [5.41, 5.74) is 7.84. The van der Waals surface area contributed by atoms with Gasteiger partial charge >= 0.3 is 0 Å². The molecule has 9 heteroatoms. The van der Waals surface area contributed by atoms with Crippen molar-refractivity contribution in [3.8, 4) is 0 Å². The number of carbonyl (C=O) groups is 1. The molecule has 0 saturated carbocycles. The van der Waals surface area contributed by atoms with Gasteiger partial charge in [-0.2, -0.15) is 4.37 Å². The highest BCUT2D eigenvalue weighted by Gasteiger charge is 2.29. The summed E-state index contributed by atoms with van der Waals surface area (Å²) in [5.74, 6) is 0.403. The van der Waals surface area contributed by atoms with E-state index in [1.54, 1.807) is 33.7 Å². The quantitative estimate of drug-likeness (QED) is 0.349. The SMILES string of the molecule is CCC(c1nc2snc(C)c2c(=O)n1Cc1ccccc1)N(CCCN)C(=O)c1ccc(Cl)cc1. The molecule has 35 heavy (non-hydrogen) atoms. The Bertz CT molecular complexity index is 1370. The third kappa shape index (κ3) is 5.29. The van der Waals surface area contributed by atoms with Gasteiger partial charge in [0.25, 0.3) is 11.5 Å². The second-order valence-electron chi connectivity index (χ2n) is 8.37. The third-order valence-electron chi connectivity index (χ3n) is 6.00. The Morgan fingerprint density at radius 2 is 1.89 bits per heavy atom. The summed E-state index contributed by atoms with van der Waals surface area (Å²) in [5, 5.41) is 1.09. The van der Waals surface area contributed by atoms with Gasteiger partial charge in [0.2, 0.25) is 0 Å². The Balaban J connectivity index is 1.86. The number of hydrogen-bond acceptors (Lipinski definition) is 6. The van der Waals surface area contributed by atoms with Crippen molar-refractivity contribution in [2.75, 3.05) is 13.1 Å². The largest absolute Gasteiger partial charge is 0.330 e. The van der Waals surface area contributed by atoms with Gasteiger partial charge in [0.05, 0.1) is 23.7 Å². The van der Waals surface area contributed by atoms with Gasteiger partial charge in [-0.15, -0.1) is 0 Å². The number of halogens is 1. The lowest BCUT2D eigenvalue weighted by molar-refractivity contribution is 0.0656. The molecule has 1 atom stereocenters. The molecule has 0 radical (unpaired) electrons. The van der Waals surface area contributed by atoms with Crippen molar-refractivity contribution in [2.24, 2.45) is 5.73 Å². The first-order chi connectivity index (χ1) is 16.9. The first kappa shape index (κ1) is 25.0. The van der Waals surface area contributed by atoms with Crippen molar-refractivity contribution in [1.29, 1.82) is 0 Å². The van der Waals surface area contributed by atoms with Crippen molar-refractivity contribution in [3.63, 3.8) is 0 Å². The van der Waals surface area contributed by atoms with Gasteiger partial charge in [0.1, 0.15) is 5.82 Å². The molecule has 2 heterocycles. The Morgan fingerprint density at radius 1 is 1.17 bits per heavy atom. The van der Waals surface area contributed by atoms with Crippen LogP contribution in [0.5, 0.6) is 0 Å². The fourth-order valence-electron chi connectivity index (χ4n) is 4.22. The number of rotatable bonds is 9. The van der Waals surface area contributed by atoms with Gasteiger partial charge in [-0.1, -0.05) is 48.9 Å². The summed E-state index contributed by atoms with van der Waals surface area (Å²) in [7, 11) is 0. The van der Waals surface area contributed by atoms with Crippen LogP contribution in [0.2, 0.25) is 5.02 Å². The van der Waals surface area contributed by atoms with Crippen molar-refractivity contribution in [3.05, 3.63) is 92.6 Å². The Morgan fingerprint density at radius 3 is 2.54 bits per heavy atom. The first-order valence-corrected chi connectivity index (χ1v) is 12.8. The molecular formula is C26H28ClN5O2S. The molecule has 0 fully saturated rings. The van der Waals surface area contributed by atoms with E-state index in [4.69, 9.17) is 22.3 Å². The van der Waals surface area contributed by atoms with Crippen LogP contribution in [0.4, 0.5) is 0 Å². The predicted molar refractivity (Wildman–Crippen MR) is 141 cm³/mol. The lowest BCUT2D eigenvalue weighted by atomic mass is 10.1. The molecule has 1 amide bonds. The first-order valence-electron chi connectivity index (χ1n) is 11.6. The van der Waals surface area contributed by atoms with Gasteiger partial charge in [-0.05, 0) is 67.7 Å². The number of aromatic nitrogens is 3. The van der Waals surface area contributed by atoms with Gasteiger partial charge in [0, 0.05) is 17.1 Å². The summed E-state index contributed by atoms with van der Waals surface area (Å²) in [6.07, 6.45) is 1.20. The fourth-order valence-corrected chi connectivity index (χ4v) is 5.12. The smallest absolute Gasteiger partial charge is 0.264 e. The zero-order chi connectivity index (χ0) is 24.9. The number of amides is 1. The maximum Gasteiger partial charge on any atom is 0.264 e. The minimum absolute atomic E-state index is 0.142. The van der Waals surface area contributed by atoms with E-state index in [1.165, 1.54) is 11.5 Å². The molecule has 0 aliphatic rings. The maximum absolute atomic E-state index is 13.7. The average molecular weight is 510 g/mol. The Kier molecular flexibility index (Phi) is 7.95. The van der Waals surface area contributed by atoms with Gasteiger partial charge in [0.15, 0.2) is 4.83 Å². The minimum Gasteiger partial charge on any atom is -0.330 e. The van der Waals surface area contributed by atoms with E-state index in [2.05, 4.69) is 4.37 Å². The lowest BCUT2D eigenvalue weighted by Crippen LogP contribution is -2.40. The molecule has 0 aliphatic carbocycles. The van der Waals surface area contributed by atoms with E-state index < -0.39 is 6.04 Å². The van der Waals surface area contributed by atoms with E-state index in [1.807, 2.05) is 44.2 Å². The molecule has 182 valence electrons. The molecule has 2 aromatic heterocycles. The summed E-state index contributed by atoms with van der Waals surface area (Å²) in [6, 6.07) is 16.2. The molecule has 4 rings (SSSR count). The van der Waals surface area contributed by atoms with Crippen LogP contribution in [0.3, 0.4) is 0 Å². The number of nitrogens with two attached hydrogens (primary N) is 1. The van der Waals surface area contributed by atoms with Crippen molar-refractivity contribution < 1.29 is 4.79 Å². The minimum atomic E-state index is -0.423. The summed E-state index contributed by atoms with van der Waals surface area (Å²) >= 11 is 7.25. The number of nitrogens with zero attached hydrogens (tertiary/aromatic N) is 4. The van der Waals surface area contributed by atoms with E-state index in [0.717, 1.165) is 5.56 Å². The molecule has 7 nitrogen and oxygen atoms in total. The van der Waals surface area contributed by atoms with Crippen LogP contribution in [0.15, 0.2) is 59.4 Å². The lowest BCUT2D eigenvalue weighted by Gasteiger charge is -2.32. The van der Waals surface area contributed by atoms with E-state index >= 15 is 0 Å². The van der Waals surface area contributed by atoms with Crippen LogP contribution >= 0.6 is 23.1 Å². The molecule has 0 spiro atoms. The predicted octanol–water partition coefficient (Wildman–Crippen LogP) is 4.81. The fraction of sp³-hybridized carbons (Fsp3) is 0.308. The maximum atomic E-state index is 13.7. The third-order valence-corrected chi connectivity index (χ3v) is 7.08. The second kappa shape index (κ2) is 11.1. The summed E-state index contributed by atoms with van der Waals surface area (Å²) in [4.78, 5) is 34.7.